The largest absolute Gasteiger partial charge is 0.392 e. The van der Waals surface area contributed by atoms with E-state index in [4.69, 9.17) is 0 Å². The summed E-state index contributed by atoms with van der Waals surface area (Å²) in [6, 6.07) is 20.7. The molecule has 2 aliphatic rings. The van der Waals surface area contributed by atoms with E-state index in [2.05, 4.69) is 26.2 Å². The molecule has 40 heavy (non-hydrogen) atoms. The molecule has 2 aliphatic heterocycles. The molecule has 3 aromatic carbocycles. The lowest BCUT2D eigenvalue weighted by Gasteiger charge is -2.25. The Bertz CT molecular complexity index is 1220. The predicted molar refractivity (Wildman–Crippen MR) is 151 cm³/mol. The van der Waals surface area contributed by atoms with Gasteiger partial charge in [-0.05, 0) is 72.5 Å². The number of aliphatic hydroxyl groups is 2. The topological polar surface area (TPSA) is 126 Å². The van der Waals surface area contributed by atoms with E-state index in [0.717, 1.165) is 16.8 Å². The monoisotopic (exact) mass is 547 g/mol. The molecule has 2 saturated heterocycles. The van der Waals surface area contributed by atoms with E-state index in [9.17, 15) is 24.2 Å². The lowest BCUT2D eigenvalue weighted by molar-refractivity contribution is -0.118. The van der Waals surface area contributed by atoms with Gasteiger partial charge in [0.05, 0.1) is 24.3 Å². The van der Waals surface area contributed by atoms with E-state index < -0.39 is 24.3 Å². The first-order chi connectivity index (χ1) is 19.3. The van der Waals surface area contributed by atoms with Crippen LogP contribution in [0.1, 0.15) is 24.0 Å². The molecule has 2 fully saturated rings. The second-order valence-corrected chi connectivity index (χ2v) is 10.4. The molecule has 0 bridgehead atoms. The van der Waals surface area contributed by atoms with Crippen LogP contribution in [0.25, 0.3) is 0 Å². The highest BCUT2D eigenvalue weighted by atomic mass is 19.1. The van der Waals surface area contributed by atoms with Gasteiger partial charge in [-0.2, -0.15) is 0 Å². The highest BCUT2D eigenvalue weighted by Gasteiger charge is 2.29. The summed E-state index contributed by atoms with van der Waals surface area (Å²) >= 11 is 0. The number of aliphatic hydroxyl groups excluding tert-OH is 2. The number of β-amino-alcohol motifs (C(OH)–C–C–N with tert-alkyl or cyclic N) is 2. The minimum Gasteiger partial charge on any atom is -0.392 e. The first-order valence-corrected chi connectivity index (χ1v) is 13.5. The number of hydrogen-bond acceptors (Lipinski definition) is 7. The van der Waals surface area contributed by atoms with E-state index in [1.54, 1.807) is 12.1 Å². The fraction of sp³-hybridized carbons (Fsp3) is 0.333. The third kappa shape index (κ3) is 7.22. The highest BCUT2D eigenvalue weighted by Crippen LogP contribution is 2.23. The van der Waals surface area contributed by atoms with Gasteiger partial charge in [-0.3, -0.25) is 9.59 Å². The zero-order valence-electron chi connectivity index (χ0n) is 22.0. The fourth-order valence-corrected chi connectivity index (χ4v) is 5.01. The smallest absolute Gasteiger partial charge is 0.241 e. The average molecular weight is 548 g/mol. The van der Waals surface area contributed by atoms with Gasteiger partial charge >= 0.3 is 0 Å². The number of anilines is 3. The quantitative estimate of drug-likeness (QED) is 0.243. The molecule has 0 aliphatic carbocycles. The van der Waals surface area contributed by atoms with E-state index in [1.807, 2.05) is 48.5 Å². The molecule has 0 aromatic heterocycles. The normalized spacial score (nSPS) is 22.2. The molecular weight excluding hydrogens is 513 g/mol. The maximum atomic E-state index is 13.6. The zero-order chi connectivity index (χ0) is 28.1. The molecule has 4 atom stereocenters. The predicted octanol–water partition coefficient (Wildman–Crippen LogP) is 2.36. The van der Waals surface area contributed by atoms with Crippen molar-refractivity contribution in [2.24, 2.45) is 0 Å². The van der Waals surface area contributed by atoms with Gasteiger partial charge in [0.2, 0.25) is 11.8 Å². The molecule has 0 spiro atoms. The first kappa shape index (κ1) is 27.7. The van der Waals surface area contributed by atoms with Crippen molar-refractivity contribution < 1.29 is 24.2 Å². The van der Waals surface area contributed by atoms with Crippen LogP contribution in [0.2, 0.25) is 0 Å². The van der Waals surface area contributed by atoms with Crippen LogP contribution in [0, 0.1) is 5.82 Å². The third-order valence-corrected chi connectivity index (χ3v) is 7.23. The van der Waals surface area contributed by atoms with E-state index in [-0.39, 0.29) is 17.6 Å². The Morgan fingerprint density at radius 3 is 1.52 bits per heavy atom. The summed E-state index contributed by atoms with van der Waals surface area (Å²) in [6.07, 6.45) is -0.221. The Kier molecular flexibility index (Phi) is 8.71. The van der Waals surface area contributed by atoms with Gasteiger partial charge in [0.15, 0.2) is 0 Å². The third-order valence-electron chi connectivity index (χ3n) is 7.23. The second-order valence-electron chi connectivity index (χ2n) is 10.4. The van der Waals surface area contributed by atoms with Crippen molar-refractivity contribution in [1.82, 2.24) is 10.6 Å². The van der Waals surface area contributed by atoms with Gasteiger partial charge in [0.1, 0.15) is 5.82 Å². The molecular formula is C30H34FN5O4. The van der Waals surface area contributed by atoms with Crippen molar-refractivity contribution in [2.45, 2.75) is 50.2 Å². The van der Waals surface area contributed by atoms with Gasteiger partial charge < -0.3 is 36.4 Å². The van der Waals surface area contributed by atoms with Crippen LogP contribution in [0.3, 0.4) is 0 Å². The number of nitrogens with one attached hydrogen (secondary N) is 4. The molecule has 9 nitrogen and oxygen atoms in total. The highest BCUT2D eigenvalue weighted by molar-refractivity contribution is 5.95. The number of benzene rings is 3. The number of carbonyl (C=O) groups is 2. The molecule has 10 heteroatoms. The van der Waals surface area contributed by atoms with Gasteiger partial charge in [-0.25, -0.2) is 4.39 Å². The summed E-state index contributed by atoms with van der Waals surface area (Å²) in [6.45, 7) is 1.92. The molecule has 0 saturated carbocycles. The Balaban J connectivity index is 1.23. The lowest BCUT2D eigenvalue weighted by atomic mass is 10.1. The molecule has 6 N–H and O–H groups in total. The average Bonchev–Trinajstić information content (AvgIpc) is 3.59. The summed E-state index contributed by atoms with van der Waals surface area (Å²) in [4.78, 5) is 27.0. The maximum absolute atomic E-state index is 13.6. The zero-order valence-corrected chi connectivity index (χ0v) is 22.0. The van der Waals surface area contributed by atoms with Crippen molar-refractivity contribution in [3.63, 3.8) is 0 Å². The van der Waals surface area contributed by atoms with Crippen LogP contribution < -0.4 is 26.2 Å². The molecule has 0 radical (unpaired) electrons. The van der Waals surface area contributed by atoms with Crippen LogP contribution in [0.4, 0.5) is 21.5 Å². The molecule has 5 rings (SSSR count). The van der Waals surface area contributed by atoms with E-state index in [1.165, 1.54) is 12.1 Å². The minimum absolute atomic E-state index is 0.172. The lowest BCUT2D eigenvalue weighted by Crippen LogP contribution is -2.35. The summed E-state index contributed by atoms with van der Waals surface area (Å²) in [5.74, 6) is -0.652. The summed E-state index contributed by atoms with van der Waals surface area (Å²) in [5.41, 5.74) is 4.21. The van der Waals surface area contributed by atoms with Gasteiger partial charge in [-0.1, -0.05) is 24.3 Å². The number of halogens is 1. The fourth-order valence-electron chi connectivity index (χ4n) is 5.01. The maximum Gasteiger partial charge on any atom is 0.241 e. The van der Waals surface area contributed by atoms with Crippen molar-refractivity contribution in [1.29, 1.82) is 0 Å². The minimum atomic E-state index is -0.505. The van der Waals surface area contributed by atoms with Crippen LogP contribution >= 0.6 is 0 Å². The van der Waals surface area contributed by atoms with Crippen LogP contribution in [-0.4, -0.2) is 59.4 Å². The number of nitrogens with zero attached hydrogens (tertiary/aromatic N) is 1. The van der Waals surface area contributed by atoms with Crippen LogP contribution in [0.15, 0.2) is 72.8 Å². The van der Waals surface area contributed by atoms with Crippen LogP contribution in [0.5, 0.6) is 0 Å². The second kappa shape index (κ2) is 12.6. The van der Waals surface area contributed by atoms with Crippen molar-refractivity contribution >= 4 is 28.9 Å². The standard InChI is InChI=1S/C30H34FN5O4/c31-21-5-11-24(12-6-21)36(17-19-1-7-22(8-2-19)34-29(39)27-13-25(37)15-32-27)18-20-3-9-23(10-4-20)35-30(40)28-14-26(38)16-33-28/h1-12,25-28,32-33,37-38H,13-18H2,(H,34,39)(H,35,40). The Labute approximate surface area is 232 Å². The summed E-state index contributed by atoms with van der Waals surface area (Å²) in [5, 5.41) is 31.1. The number of amides is 2. The number of carbonyl (C=O) groups excluding carboxylic acids is 2. The molecule has 4 unspecified atom stereocenters. The SMILES string of the molecule is O=C(Nc1ccc(CN(Cc2ccc(NC(=O)C3CC(O)CN3)cc2)c2ccc(F)cc2)cc1)C1CC(O)CN1. The van der Waals surface area contributed by atoms with E-state index >= 15 is 0 Å². The van der Waals surface area contributed by atoms with E-state index in [0.29, 0.717) is 50.4 Å². The number of rotatable bonds is 9. The van der Waals surface area contributed by atoms with Gasteiger partial charge in [0.25, 0.3) is 0 Å². The molecule has 2 amide bonds. The first-order valence-electron chi connectivity index (χ1n) is 13.5. The molecule has 2 heterocycles. The Morgan fingerprint density at radius 2 is 1.15 bits per heavy atom. The van der Waals surface area contributed by atoms with Crippen molar-refractivity contribution in [2.75, 3.05) is 28.6 Å². The number of hydrogen-bond donors (Lipinski definition) is 6. The van der Waals surface area contributed by atoms with Crippen molar-refractivity contribution in [3.05, 3.63) is 89.7 Å². The molecule has 3 aromatic rings. The Morgan fingerprint density at radius 1 is 0.725 bits per heavy atom. The summed E-state index contributed by atoms with van der Waals surface area (Å²) < 4.78 is 13.6. The van der Waals surface area contributed by atoms with Crippen molar-refractivity contribution in [3.8, 4) is 0 Å². The summed E-state index contributed by atoms with van der Waals surface area (Å²) in [7, 11) is 0. The Hall–Kier alpha value is -3.83. The van der Waals surface area contributed by atoms with Gasteiger partial charge in [-0.15, -0.1) is 0 Å². The molecule has 210 valence electrons. The van der Waals surface area contributed by atoms with Gasteiger partial charge in [0, 0.05) is 43.2 Å². The van der Waals surface area contributed by atoms with Crippen LogP contribution in [-0.2, 0) is 22.7 Å².